The maximum absolute atomic E-state index is 3.56. The van der Waals surface area contributed by atoms with Gasteiger partial charge in [0.2, 0.25) is 0 Å². The minimum absolute atomic E-state index is 0.616. The van der Waals surface area contributed by atoms with Crippen molar-refractivity contribution in [2.24, 2.45) is 0 Å². The first kappa shape index (κ1) is 11.3. The first-order valence-electron chi connectivity index (χ1n) is 7.19. The Kier molecular flexibility index (Phi) is 3.19. The number of hydrogen-bond acceptors (Lipinski definition) is 1. The van der Waals surface area contributed by atoms with Gasteiger partial charge in [-0.2, -0.15) is 0 Å². The van der Waals surface area contributed by atoms with Gasteiger partial charge in [0.15, 0.2) is 0 Å². The molecule has 0 aromatic heterocycles. The Labute approximate surface area is 105 Å². The predicted molar refractivity (Wildman–Crippen MR) is 72.2 cm³/mol. The smallest absolute Gasteiger partial charge is 0.0337 e. The van der Waals surface area contributed by atoms with Crippen LogP contribution in [0.1, 0.15) is 68.5 Å². The van der Waals surface area contributed by atoms with Crippen LogP contribution in [0.25, 0.3) is 0 Å². The van der Waals surface area contributed by atoms with Gasteiger partial charge in [-0.05, 0) is 43.2 Å². The molecule has 1 heterocycles. The molecule has 0 amide bonds. The molecule has 1 aliphatic carbocycles. The highest BCUT2D eigenvalue weighted by molar-refractivity contribution is 5.29. The van der Waals surface area contributed by atoms with Crippen molar-refractivity contribution >= 4 is 0 Å². The Hall–Kier alpha value is -0.820. The third kappa shape index (κ3) is 2.40. The molecule has 0 spiro atoms. The lowest BCUT2D eigenvalue weighted by molar-refractivity contribution is 0.287. The second kappa shape index (κ2) is 4.81. The molecule has 92 valence electrons. The molecule has 1 aliphatic heterocycles. The Balaban J connectivity index is 1.67. The average Bonchev–Trinajstić information content (AvgIpc) is 2.36. The molecule has 17 heavy (non-hydrogen) atoms. The number of benzene rings is 1. The number of rotatable bonds is 2. The van der Waals surface area contributed by atoms with Crippen molar-refractivity contribution in [2.75, 3.05) is 0 Å². The van der Waals surface area contributed by atoms with E-state index in [0.717, 1.165) is 5.92 Å². The molecule has 1 saturated carbocycles. The number of nitrogens with one attached hydrogen (secondary N) is 1. The molecule has 1 nitrogen and oxygen atoms in total. The van der Waals surface area contributed by atoms with Crippen LogP contribution in [0.3, 0.4) is 0 Å². The third-order valence-corrected chi connectivity index (χ3v) is 4.49. The van der Waals surface area contributed by atoms with Crippen molar-refractivity contribution in [3.8, 4) is 0 Å². The van der Waals surface area contributed by atoms with E-state index in [0.29, 0.717) is 12.1 Å². The molecule has 0 radical (unpaired) electrons. The summed E-state index contributed by atoms with van der Waals surface area (Å²) in [6, 6.07) is 10.7. The van der Waals surface area contributed by atoms with Gasteiger partial charge in [0.25, 0.3) is 0 Å². The van der Waals surface area contributed by atoms with Gasteiger partial charge in [0.1, 0.15) is 0 Å². The Bertz CT molecular complexity index is 356. The predicted octanol–water partition coefficient (Wildman–Crippen LogP) is 4.16. The van der Waals surface area contributed by atoms with Crippen LogP contribution < -0.4 is 5.32 Å². The van der Waals surface area contributed by atoms with Crippen molar-refractivity contribution in [1.29, 1.82) is 0 Å². The van der Waals surface area contributed by atoms with Crippen molar-refractivity contribution < 1.29 is 0 Å². The van der Waals surface area contributed by atoms with Gasteiger partial charge < -0.3 is 5.32 Å². The van der Waals surface area contributed by atoms with Gasteiger partial charge in [-0.3, -0.25) is 0 Å². The fraction of sp³-hybridized carbons (Fsp3) is 0.625. The van der Waals surface area contributed by atoms with Crippen molar-refractivity contribution in [3.05, 3.63) is 35.4 Å². The molecule has 1 N–H and O–H groups in total. The lowest BCUT2D eigenvalue weighted by Crippen LogP contribution is -2.43. The van der Waals surface area contributed by atoms with Crippen molar-refractivity contribution in [2.45, 2.75) is 63.5 Å². The normalized spacial score (nSPS) is 29.9. The van der Waals surface area contributed by atoms with Gasteiger partial charge >= 0.3 is 0 Å². The molecule has 1 saturated heterocycles. The summed E-state index contributed by atoms with van der Waals surface area (Å²) in [5, 5.41) is 3.56. The van der Waals surface area contributed by atoms with Gasteiger partial charge in [0.05, 0.1) is 0 Å². The van der Waals surface area contributed by atoms with Crippen LogP contribution in [0.4, 0.5) is 0 Å². The molecule has 1 aromatic rings. The lowest BCUT2D eigenvalue weighted by atomic mass is 9.83. The maximum atomic E-state index is 3.56. The first-order valence-corrected chi connectivity index (χ1v) is 7.19. The minimum atomic E-state index is 0.616. The third-order valence-electron chi connectivity index (χ3n) is 4.49. The summed E-state index contributed by atoms with van der Waals surface area (Å²) in [7, 11) is 0. The van der Waals surface area contributed by atoms with Crippen molar-refractivity contribution in [3.63, 3.8) is 0 Å². The summed E-state index contributed by atoms with van der Waals surface area (Å²) in [5.41, 5.74) is 3.04. The topological polar surface area (TPSA) is 12.0 Å². The molecule has 2 aliphatic rings. The van der Waals surface area contributed by atoms with E-state index in [1.165, 1.54) is 44.1 Å². The van der Waals surface area contributed by atoms with Crippen LogP contribution in [0.2, 0.25) is 0 Å². The van der Waals surface area contributed by atoms with Crippen LogP contribution in [0.15, 0.2) is 24.3 Å². The minimum Gasteiger partial charge on any atom is -0.307 e. The fourth-order valence-electron chi connectivity index (χ4n) is 3.34. The van der Waals surface area contributed by atoms with Crippen LogP contribution in [-0.2, 0) is 0 Å². The van der Waals surface area contributed by atoms with Crippen LogP contribution in [-0.4, -0.2) is 6.04 Å². The molecule has 2 unspecified atom stereocenters. The largest absolute Gasteiger partial charge is 0.307 e. The van der Waals surface area contributed by atoms with E-state index in [1.807, 2.05) is 0 Å². The standard InChI is InChI=1S/C16H23N/c1-12-11-16(17-12)15-9-7-14(8-10-15)13-5-3-2-4-6-13/h7-10,12-13,16-17H,2-6,11H2,1H3. The summed E-state index contributed by atoms with van der Waals surface area (Å²) in [6.07, 6.45) is 8.39. The Morgan fingerprint density at radius 1 is 0.941 bits per heavy atom. The molecule has 1 aromatic carbocycles. The monoisotopic (exact) mass is 229 g/mol. The van der Waals surface area contributed by atoms with E-state index in [2.05, 4.69) is 36.5 Å². The zero-order valence-corrected chi connectivity index (χ0v) is 10.8. The van der Waals surface area contributed by atoms with Gasteiger partial charge in [-0.25, -0.2) is 0 Å². The molecule has 2 atom stereocenters. The van der Waals surface area contributed by atoms with E-state index in [-0.39, 0.29) is 0 Å². The van der Waals surface area contributed by atoms with E-state index in [1.54, 1.807) is 5.56 Å². The van der Waals surface area contributed by atoms with E-state index in [9.17, 15) is 0 Å². The average molecular weight is 229 g/mol. The molecular formula is C16H23N. The maximum Gasteiger partial charge on any atom is 0.0337 e. The summed E-state index contributed by atoms with van der Waals surface area (Å²) >= 11 is 0. The molecule has 0 bridgehead atoms. The molecular weight excluding hydrogens is 206 g/mol. The van der Waals surface area contributed by atoms with E-state index in [4.69, 9.17) is 0 Å². The van der Waals surface area contributed by atoms with Crippen LogP contribution >= 0.6 is 0 Å². The molecule has 3 rings (SSSR count). The molecule has 2 fully saturated rings. The quantitative estimate of drug-likeness (QED) is 0.803. The lowest BCUT2D eigenvalue weighted by Gasteiger charge is -2.35. The van der Waals surface area contributed by atoms with E-state index >= 15 is 0 Å². The van der Waals surface area contributed by atoms with Crippen LogP contribution in [0, 0.1) is 0 Å². The fourth-order valence-corrected chi connectivity index (χ4v) is 3.34. The van der Waals surface area contributed by atoms with E-state index < -0.39 is 0 Å². The Morgan fingerprint density at radius 2 is 1.53 bits per heavy atom. The summed E-state index contributed by atoms with van der Waals surface area (Å²) in [4.78, 5) is 0. The highest BCUT2D eigenvalue weighted by Gasteiger charge is 2.25. The highest BCUT2D eigenvalue weighted by atomic mass is 15.0. The highest BCUT2D eigenvalue weighted by Crippen LogP contribution is 2.34. The zero-order chi connectivity index (χ0) is 11.7. The van der Waals surface area contributed by atoms with Crippen LogP contribution in [0.5, 0.6) is 0 Å². The molecule has 1 heteroatoms. The van der Waals surface area contributed by atoms with Gasteiger partial charge in [-0.15, -0.1) is 0 Å². The summed E-state index contributed by atoms with van der Waals surface area (Å²) in [5.74, 6) is 0.839. The second-order valence-corrected chi connectivity index (χ2v) is 5.86. The second-order valence-electron chi connectivity index (χ2n) is 5.86. The van der Waals surface area contributed by atoms with Gasteiger partial charge in [-0.1, -0.05) is 43.5 Å². The van der Waals surface area contributed by atoms with Crippen molar-refractivity contribution in [1.82, 2.24) is 5.32 Å². The van der Waals surface area contributed by atoms with Gasteiger partial charge in [0, 0.05) is 12.1 Å². The summed E-state index contributed by atoms with van der Waals surface area (Å²) < 4.78 is 0. The first-order chi connectivity index (χ1) is 8.33. The Morgan fingerprint density at radius 3 is 2.12 bits per heavy atom. The SMILES string of the molecule is CC1CC(c2ccc(C3CCCCC3)cc2)N1. The number of hydrogen-bond donors (Lipinski definition) is 1. The summed E-state index contributed by atoms with van der Waals surface area (Å²) in [6.45, 7) is 2.26. The zero-order valence-electron chi connectivity index (χ0n) is 10.8.